The number of aromatic nitrogens is 2. The summed E-state index contributed by atoms with van der Waals surface area (Å²) in [6, 6.07) is 11.0. The Hall–Kier alpha value is -4.60. The number of halogens is 2. The van der Waals surface area contributed by atoms with Gasteiger partial charge < -0.3 is 15.0 Å². The lowest BCUT2D eigenvalue weighted by Gasteiger charge is -2.16. The second-order valence-corrected chi connectivity index (χ2v) is 8.98. The summed E-state index contributed by atoms with van der Waals surface area (Å²) in [5, 5.41) is 15.8. The number of rotatable bonds is 6. The Kier molecular flexibility index (Phi) is 8.76. The Morgan fingerprint density at radius 2 is 2.13 bits per heavy atom. The van der Waals surface area contributed by atoms with E-state index >= 15 is 0 Å². The SMILES string of the molecule is CN(C)C(=NCC#Cc1ccc2ncnc(Nc3ccc(OCC4C=CC=C(F)C4)c(Cl)c3)c2c1)NC#N. The van der Waals surface area contributed by atoms with E-state index in [0.717, 1.165) is 22.2 Å². The summed E-state index contributed by atoms with van der Waals surface area (Å²) in [6.45, 7) is 0.563. The second-order valence-electron chi connectivity index (χ2n) is 8.57. The molecule has 1 atom stereocenters. The van der Waals surface area contributed by atoms with Gasteiger partial charge in [-0.15, -0.1) is 0 Å². The highest BCUT2D eigenvalue weighted by molar-refractivity contribution is 6.32. The van der Waals surface area contributed by atoms with Gasteiger partial charge in [0, 0.05) is 43.1 Å². The molecule has 0 aliphatic heterocycles. The molecule has 1 aliphatic carbocycles. The van der Waals surface area contributed by atoms with Crippen molar-refractivity contribution in [1.82, 2.24) is 20.2 Å². The molecular formula is C28H25ClFN7O. The molecule has 0 amide bonds. The maximum absolute atomic E-state index is 13.5. The fourth-order valence-corrected chi connectivity index (χ4v) is 3.92. The quantitative estimate of drug-likeness (QED) is 0.149. The smallest absolute Gasteiger partial charge is 0.207 e. The number of benzene rings is 2. The highest BCUT2D eigenvalue weighted by atomic mass is 35.5. The molecule has 0 radical (unpaired) electrons. The van der Waals surface area contributed by atoms with Crippen LogP contribution in [0.25, 0.3) is 10.9 Å². The molecule has 2 aromatic carbocycles. The summed E-state index contributed by atoms with van der Waals surface area (Å²) in [7, 11) is 3.58. The minimum absolute atomic E-state index is 0.0328. The van der Waals surface area contributed by atoms with E-state index in [-0.39, 0.29) is 18.3 Å². The number of nitrogens with zero attached hydrogens (tertiary/aromatic N) is 5. The van der Waals surface area contributed by atoms with Crippen molar-refractivity contribution >= 4 is 40.0 Å². The summed E-state index contributed by atoms with van der Waals surface area (Å²) < 4.78 is 19.3. The van der Waals surface area contributed by atoms with Gasteiger partial charge in [0.25, 0.3) is 0 Å². The number of nitriles is 1. The Balaban J connectivity index is 1.47. The maximum atomic E-state index is 13.5. The zero-order chi connectivity index (χ0) is 26.9. The highest BCUT2D eigenvalue weighted by Gasteiger charge is 2.14. The summed E-state index contributed by atoms with van der Waals surface area (Å²) in [6.07, 6.45) is 8.75. The molecular weight excluding hydrogens is 505 g/mol. The third-order valence-electron chi connectivity index (χ3n) is 5.53. The van der Waals surface area contributed by atoms with E-state index in [9.17, 15) is 4.39 Å². The molecule has 0 bridgehead atoms. The minimum Gasteiger partial charge on any atom is -0.491 e. The van der Waals surface area contributed by atoms with Crippen molar-refractivity contribution in [3.05, 3.63) is 77.4 Å². The number of nitrogens with one attached hydrogen (secondary N) is 2. The van der Waals surface area contributed by atoms with Gasteiger partial charge in [0.2, 0.25) is 5.96 Å². The molecule has 2 N–H and O–H groups in total. The van der Waals surface area contributed by atoms with Crippen molar-refractivity contribution in [1.29, 1.82) is 5.26 Å². The van der Waals surface area contributed by atoms with Crippen LogP contribution < -0.4 is 15.4 Å². The lowest BCUT2D eigenvalue weighted by Crippen LogP contribution is -2.33. The molecule has 10 heteroatoms. The van der Waals surface area contributed by atoms with Gasteiger partial charge in [-0.2, -0.15) is 5.26 Å². The van der Waals surface area contributed by atoms with Crippen LogP contribution in [0.4, 0.5) is 15.9 Å². The van der Waals surface area contributed by atoms with Crippen LogP contribution in [0.1, 0.15) is 12.0 Å². The van der Waals surface area contributed by atoms with Crippen molar-refractivity contribution < 1.29 is 9.13 Å². The average molecular weight is 530 g/mol. The van der Waals surface area contributed by atoms with Crippen molar-refractivity contribution in [3.8, 4) is 23.8 Å². The molecule has 4 rings (SSSR count). The molecule has 1 unspecified atom stereocenters. The largest absolute Gasteiger partial charge is 0.491 e. The van der Waals surface area contributed by atoms with Crippen LogP contribution in [0.3, 0.4) is 0 Å². The number of ether oxygens (including phenoxy) is 1. The first-order valence-corrected chi connectivity index (χ1v) is 12.1. The summed E-state index contributed by atoms with van der Waals surface area (Å²) in [4.78, 5) is 14.7. The van der Waals surface area contributed by atoms with Crippen LogP contribution >= 0.6 is 11.6 Å². The van der Waals surface area contributed by atoms with E-state index in [2.05, 4.69) is 37.4 Å². The van der Waals surface area contributed by atoms with Crippen LogP contribution in [0.5, 0.6) is 5.75 Å². The second kappa shape index (κ2) is 12.6. The maximum Gasteiger partial charge on any atom is 0.207 e. The number of allylic oxidation sites excluding steroid dienone is 3. The Morgan fingerprint density at radius 1 is 1.26 bits per heavy atom. The highest BCUT2D eigenvalue weighted by Crippen LogP contribution is 2.31. The first-order valence-electron chi connectivity index (χ1n) is 11.8. The minimum atomic E-state index is -0.155. The number of guanidine groups is 1. The molecule has 1 aliphatic rings. The number of hydrogen-bond acceptors (Lipinski definition) is 6. The third-order valence-corrected chi connectivity index (χ3v) is 5.83. The van der Waals surface area contributed by atoms with Crippen LogP contribution in [0.2, 0.25) is 5.02 Å². The Labute approximate surface area is 225 Å². The van der Waals surface area contributed by atoms with E-state index in [1.807, 2.05) is 36.5 Å². The number of hydrogen-bond donors (Lipinski definition) is 2. The standard InChI is InChI=1S/C28H25ClFN7O/c1-37(2)28(33-17-31)32-12-4-6-19-8-10-25-23(14-19)27(35-18-34-25)36-22-9-11-26(24(29)15-22)38-16-20-5-3-7-21(30)13-20/h3,5,7-11,14-15,18,20H,12-13,16H2,1-2H3,(H,32,33)(H,34,35,36). The van der Waals surface area contributed by atoms with Crippen LogP contribution in [-0.4, -0.2) is 48.1 Å². The zero-order valence-corrected chi connectivity index (χ0v) is 21.6. The molecule has 8 nitrogen and oxygen atoms in total. The fraction of sp³-hybridized carbons (Fsp3) is 0.214. The molecule has 0 saturated carbocycles. The Bertz CT molecular complexity index is 1520. The molecule has 0 saturated heterocycles. The zero-order valence-electron chi connectivity index (χ0n) is 20.9. The number of aliphatic imine (C=N–C) groups is 1. The molecule has 192 valence electrons. The van der Waals surface area contributed by atoms with E-state index in [0.29, 0.717) is 35.6 Å². The van der Waals surface area contributed by atoms with Crippen LogP contribution in [-0.2, 0) is 0 Å². The van der Waals surface area contributed by atoms with E-state index in [1.54, 1.807) is 37.2 Å². The first-order chi connectivity index (χ1) is 18.4. The van der Waals surface area contributed by atoms with Gasteiger partial charge in [-0.25, -0.2) is 19.4 Å². The number of anilines is 2. The fourth-order valence-electron chi connectivity index (χ4n) is 3.68. The normalized spacial score (nSPS) is 14.7. The van der Waals surface area contributed by atoms with Gasteiger partial charge in [0.05, 0.1) is 17.1 Å². The van der Waals surface area contributed by atoms with Gasteiger partial charge >= 0.3 is 0 Å². The van der Waals surface area contributed by atoms with Crippen LogP contribution in [0, 0.1) is 29.2 Å². The van der Waals surface area contributed by atoms with Crippen molar-refractivity contribution in [2.45, 2.75) is 6.42 Å². The van der Waals surface area contributed by atoms with E-state index in [1.165, 1.54) is 12.4 Å². The number of fused-ring (bicyclic) bond motifs is 1. The van der Waals surface area contributed by atoms with E-state index in [4.69, 9.17) is 21.6 Å². The molecule has 0 spiro atoms. The van der Waals surface area contributed by atoms with Crippen molar-refractivity contribution in [3.63, 3.8) is 0 Å². The molecule has 3 aromatic rings. The molecule has 0 fully saturated rings. The van der Waals surface area contributed by atoms with Gasteiger partial charge in [-0.3, -0.25) is 5.32 Å². The molecule has 38 heavy (non-hydrogen) atoms. The lowest BCUT2D eigenvalue weighted by atomic mass is 10.0. The molecule has 1 aromatic heterocycles. The summed E-state index contributed by atoms with van der Waals surface area (Å²) in [5.41, 5.74) is 2.25. The summed E-state index contributed by atoms with van der Waals surface area (Å²) >= 11 is 6.46. The van der Waals surface area contributed by atoms with Gasteiger partial charge in [0.1, 0.15) is 30.3 Å². The average Bonchev–Trinajstić information content (AvgIpc) is 2.90. The predicted octanol–water partition coefficient (Wildman–Crippen LogP) is 5.17. The lowest BCUT2D eigenvalue weighted by molar-refractivity contribution is 0.268. The third kappa shape index (κ3) is 7.00. The van der Waals surface area contributed by atoms with Crippen molar-refractivity contribution in [2.24, 2.45) is 10.9 Å². The Morgan fingerprint density at radius 3 is 2.89 bits per heavy atom. The van der Waals surface area contributed by atoms with Crippen molar-refractivity contribution in [2.75, 3.05) is 32.6 Å². The first kappa shape index (κ1) is 26.5. The van der Waals surface area contributed by atoms with Gasteiger partial charge in [-0.1, -0.05) is 35.6 Å². The van der Waals surface area contributed by atoms with E-state index < -0.39 is 0 Å². The van der Waals surface area contributed by atoms with Gasteiger partial charge in [-0.05, 0) is 42.5 Å². The van der Waals surface area contributed by atoms with Crippen LogP contribution in [0.15, 0.2) is 71.8 Å². The topological polar surface area (TPSA) is 98.5 Å². The monoisotopic (exact) mass is 529 g/mol. The van der Waals surface area contributed by atoms with Gasteiger partial charge in [0.15, 0.2) is 6.19 Å². The summed E-state index contributed by atoms with van der Waals surface area (Å²) in [5.74, 6) is 7.46. The predicted molar refractivity (Wildman–Crippen MR) is 148 cm³/mol. The molecule has 1 heterocycles.